The monoisotopic (exact) mass is 419 g/mol. The van der Waals surface area contributed by atoms with Crippen molar-refractivity contribution in [1.82, 2.24) is 0 Å². The molecule has 0 fully saturated rings. The first-order chi connectivity index (χ1) is 14.7. The van der Waals surface area contributed by atoms with E-state index in [0.717, 1.165) is 22.9 Å². The zero-order valence-electron chi connectivity index (χ0n) is 17.3. The summed E-state index contributed by atoms with van der Waals surface area (Å²) in [7, 11) is 0. The van der Waals surface area contributed by atoms with Gasteiger partial charge < -0.3 is 10.1 Å². The predicted molar refractivity (Wildman–Crippen MR) is 118 cm³/mol. The molecule has 0 atom stereocenters. The lowest BCUT2D eigenvalue weighted by Gasteiger charge is -2.35. The van der Waals surface area contributed by atoms with E-state index in [1.165, 1.54) is 12.1 Å². The van der Waals surface area contributed by atoms with Gasteiger partial charge in [-0.25, -0.2) is 13.2 Å². The Morgan fingerprint density at radius 1 is 0.903 bits per heavy atom. The lowest BCUT2D eigenvalue weighted by atomic mass is 9.83. The van der Waals surface area contributed by atoms with Gasteiger partial charge in [-0.05, 0) is 56.2 Å². The largest absolute Gasteiger partial charge is 0.453 e. The highest BCUT2D eigenvalue weighted by molar-refractivity contribution is 6.00. The average molecular weight is 419 g/mol. The molecular formula is C26H20F3NO. The molecule has 2 nitrogen and oxygen atoms in total. The molecule has 3 aromatic carbocycles. The number of nitrogens with one attached hydrogen (secondary N) is 1. The van der Waals surface area contributed by atoms with Crippen LogP contribution in [0.2, 0.25) is 0 Å². The molecule has 2 aliphatic rings. The molecule has 0 aliphatic carbocycles. The summed E-state index contributed by atoms with van der Waals surface area (Å²) in [5.41, 5.74) is 4.45. The first kappa shape index (κ1) is 19.5. The molecule has 0 spiro atoms. The van der Waals surface area contributed by atoms with E-state index in [0.29, 0.717) is 28.0 Å². The molecule has 0 aromatic heterocycles. The fraction of sp³-hybridized carbons (Fsp3) is 0.154. The van der Waals surface area contributed by atoms with Crippen LogP contribution in [0.3, 0.4) is 0 Å². The van der Waals surface area contributed by atoms with Crippen LogP contribution >= 0.6 is 0 Å². The molecule has 0 bridgehead atoms. The number of allylic oxidation sites excluding steroid dienone is 1. The molecule has 0 amide bonds. The number of anilines is 1. The second-order valence-corrected chi connectivity index (χ2v) is 8.48. The van der Waals surface area contributed by atoms with Crippen LogP contribution in [0, 0.1) is 17.5 Å². The van der Waals surface area contributed by atoms with Crippen molar-refractivity contribution < 1.29 is 17.9 Å². The number of hydrogen-bond donors (Lipinski definition) is 1. The number of fused-ring (bicyclic) bond motifs is 5. The summed E-state index contributed by atoms with van der Waals surface area (Å²) in [6, 6.07) is 12.1. The van der Waals surface area contributed by atoms with Crippen LogP contribution in [0.25, 0.3) is 28.5 Å². The Morgan fingerprint density at radius 3 is 2.45 bits per heavy atom. The van der Waals surface area contributed by atoms with Gasteiger partial charge in [-0.3, -0.25) is 0 Å². The Hall–Kier alpha value is -3.47. The minimum absolute atomic E-state index is 0.0674. The number of rotatable bonds is 1. The summed E-state index contributed by atoms with van der Waals surface area (Å²) >= 11 is 0. The van der Waals surface area contributed by atoms with Crippen molar-refractivity contribution >= 4 is 23.1 Å². The first-order valence-corrected chi connectivity index (χ1v) is 10.0. The molecule has 1 N–H and O–H groups in total. The second kappa shape index (κ2) is 6.77. The van der Waals surface area contributed by atoms with Crippen molar-refractivity contribution in [3.8, 4) is 16.9 Å². The van der Waals surface area contributed by atoms with Gasteiger partial charge >= 0.3 is 0 Å². The van der Waals surface area contributed by atoms with Crippen LogP contribution in [-0.2, 0) is 0 Å². The third-order valence-corrected chi connectivity index (χ3v) is 5.58. The second-order valence-electron chi connectivity index (χ2n) is 8.48. The topological polar surface area (TPSA) is 21.3 Å². The maximum absolute atomic E-state index is 14.6. The van der Waals surface area contributed by atoms with Gasteiger partial charge in [0.15, 0.2) is 11.6 Å². The van der Waals surface area contributed by atoms with E-state index < -0.39 is 17.5 Å². The average Bonchev–Trinajstić information content (AvgIpc) is 2.69. The number of benzene rings is 3. The lowest BCUT2D eigenvalue weighted by Crippen LogP contribution is -2.32. The summed E-state index contributed by atoms with van der Waals surface area (Å²) in [4.78, 5) is 0. The Morgan fingerprint density at radius 2 is 1.68 bits per heavy atom. The van der Waals surface area contributed by atoms with Crippen molar-refractivity contribution in [1.29, 1.82) is 0 Å². The Balaban J connectivity index is 1.84. The fourth-order valence-corrected chi connectivity index (χ4v) is 4.45. The van der Waals surface area contributed by atoms with Crippen LogP contribution in [-0.4, -0.2) is 5.54 Å². The fourth-order valence-electron chi connectivity index (χ4n) is 4.45. The van der Waals surface area contributed by atoms with Crippen molar-refractivity contribution in [3.05, 3.63) is 88.7 Å². The maximum Gasteiger partial charge on any atom is 0.171 e. The van der Waals surface area contributed by atoms with Gasteiger partial charge in [-0.2, -0.15) is 0 Å². The normalized spacial score (nSPS) is 17.1. The van der Waals surface area contributed by atoms with Crippen LogP contribution in [0.4, 0.5) is 18.9 Å². The van der Waals surface area contributed by atoms with E-state index in [-0.39, 0.29) is 11.3 Å². The summed E-state index contributed by atoms with van der Waals surface area (Å²) < 4.78 is 49.1. The molecule has 3 aromatic rings. The standard InChI is InChI=1S/C26H20F3NO/c1-14-13-26(2,3)30-21-9-8-17-18-11-16(27)12-20(29)25(18)31-22(24(17)23(14)21)10-15-6-4-5-7-19(15)28/h4-13,30H,1-3H3/b22-10-. The minimum Gasteiger partial charge on any atom is -0.453 e. The van der Waals surface area contributed by atoms with Crippen LogP contribution in [0.15, 0.2) is 54.6 Å². The van der Waals surface area contributed by atoms with Crippen LogP contribution in [0.5, 0.6) is 5.75 Å². The summed E-state index contributed by atoms with van der Waals surface area (Å²) in [6.07, 6.45) is 3.66. The van der Waals surface area contributed by atoms with Crippen molar-refractivity contribution in [3.63, 3.8) is 0 Å². The maximum atomic E-state index is 14.6. The summed E-state index contributed by atoms with van der Waals surface area (Å²) in [5.74, 6) is -1.66. The molecule has 31 heavy (non-hydrogen) atoms. The van der Waals surface area contributed by atoms with Gasteiger partial charge in [0.1, 0.15) is 17.4 Å². The van der Waals surface area contributed by atoms with Gasteiger partial charge in [-0.1, -0.05) is 30.3 Å². The van der Waals surface area contributed by atoms with Crippen LogP contribution in [0.1, 0.15) is 37.5 Å². The molecule has 0 saturated carbocycles. The molecule has 156 valence electrons. The zero-order valence-corrected chi connectivity index (χ0v) is 17.3. The van der Waals surface area contributed by atoms with E-state index in [4.69, 9.17) is 4.74 Å². The Bertz CT molecular complexity index is 1300. The quantitative estimate of drug-likeness (QED) is 0.448. The number of ether oxygens (including phenoxy) is 1. The van der Waals surface area contributed by atoms with E-state index in [9.17, 15) is 13.2 Å². The highest BCUT2D eigenvalue weighted by Crippen LogP contribution is 2.50. The van der Waals surface area contributed by atoms with E-state index >= 15 is 0 Å². The molecule has 2 aliphatic heterocycles. The van der Waals surface area contributed by atoms with Crippen LogP contribution < -0.4 is 10.1 Å². The van der Waals surface area contributed by atoms with E-state index in [2.05, 4.69) is 25.2 Å². The minimum atomic E-state index is -0.802. The molecule has 0 radical (unpaired) electrons. The molecule has 5 rings (SSSR count). The molecule has 5 heteroatoms. The number of hydrogen-bond acceptors (Lipinski definition) is 2. The zero-order chi connectivity index (χ0) is 21.9. The van der Waals surface area contributed by atoms with Crippen molar-refractivity contribution in [2.75, 3.05) is 5.32 Å². The SMILES string of the molecule is CC1=CC(C)(C)Nc2ccc3c(c21)/C(=C/c1ccccc1F)Oc1c(F)cc(F)cc1-3. The molecule has 0 unspecified atom stereocenters. The smallest absolute Gasteiger partial charge is 0.171 e. The van der Waals surface area contributed by atoms with Gasteiger partial charge in [-0.15, -0.1) is 0 Å². The lowest BCUT2D eigenvalue weighted by molar-refractivity contribution is 0.460. The van der Waals surface area contributed by atoms with Crippen molar-refractivity contribution in [2.24, 2.45) is 0 Å². The number of halogens is 3. The Kier molecular flexibility index (Phi) is 4.26. The Labute approximate surface area is 178 Å². The first-order valence-electron chi connectivity index (χ1n) is 10.0. The molecule has 0 saturated heterocycles. The summed E-state index contributed by atoms with van der Waals surface area (Å²) in [5, 5.41) is 3.48. The summed E-state index contributed by atoms with van der Waals surface area (Å²) in [6.45, 7) is 6.11. The van der Waals surface area contributed by atoms with Crippen molar-refractivity contribution in [2.45, 2.75) is 26.3 Å². The van der Waals surface area contributed by atoms with Gasteiger partial charge in [0.05, 0.1) is 5.54 Å². The highest BCUT2D eigenvalue weighted by atomic mass is 19.1. The predicted octanol–water partition coefficient (Wildman–Crippen LogP) is 7.27. The van der Waals surface area contributed by atoms with Gasteiger partial charge in [0, 0.05) is 34.0 Å². The van der Waals surface area contributed by atoms with E-state index in [1.807, 2.05) is 19.1 Å². The highest BCUT2D eigenvalue weighted by Gasteiger charge is 2.32. The third kappa shape index (κ3) is 3.21. The van der Waals surface area contributed by atoms with E-state index in [1.54, 1.807) is 24.3 Å². The molecule has 2 heterocycles. The molecular weight excluding hydrogens is 399 g/mol. The third-order valence-electron chi connectivity index (χ3n) is 5.58. The van der Waals surface area contributed by atoms with Gasteiger partial charge in [0.25, 0.3) is 0 Å². The van der Waals surface area contributed by atoms with Gasteiger partial charge in [0.2, 0.25) is 0 Å².